The number of likely N-dealkylation sites (tertiary alicyclic amines) is 1. The van der Waals surface area contributed by atoms with E-state index >= 15 is 0 Å². The van der Waals surface area contributed by atoms with Crippen LogP contribution in [0, 0.1) is 0 Å². The molecule has 2 N–H and O–H groups in total. The normalized spacial score (nSPS) is 23.9. The van der Waals surface area contributed by atoms with E-state index in [4.69, 9.17) is 5.11 Å². The van der Waals surface area contributed by atoms with Gasteiger partial charge in [0.05, 0.1) is 19.2 Å². The fourth-order valence-corrected chi connectivity index (χ4v) is 2.17. The van der Waals surface area contributed by atoms with Crippen LogP contribution in [0.5, 0.6) is 0 Å². The molecule has 0 aromatic carbocycles. The van der Waals surface area contributed by atoms with Crippen LogP contribution in [0.1, 0.15) is 42.4 Å². The molecule has 6 heteroatoms. The molecule has 1 saturated heterocycles. The maximum Gasteiger partial charge on any atom is 0.274 e. The number of aromatic nitrogens is 2. The molecular weight excluding hydrogens is 237 g/mol. The fourth-order valence-electron chi connectivity index (χ4n) is 2.17. The van der Waals surface area contributed by atoms with E-state index in [-0.39, 0.29) is 37.1 Å². The summed E-state index contributed by atoms with van der Waals surface area (Å²) < 4.78 is 13.3. The van der Waals surface area contributed by atoms with Gasteiger partial charge in [-0.2, -0.15) is 5.10 Å². The minimum Gasteiger partial charge on any atom is -0.394 e. The van der Waals surface area contributed by atoms with Gasteiger partial charge >= 0.3 is 0 Å². The Morgan fingerprint density at radius 3 is 3.00 bits per heavy atom. The lowest BCUT2D eigenvalue weighted by molar-refractivity contribution is 0.0667. The van der Waals surface area contributed by atoms with Gasteiger partial charge in [-0.3, -0.25) is 9.89 Å². The van der Waals surface area contributed by atoms with Crippen molar-refractivity contribution in [3.63, 3.8) is 0 Å². The van der Waals surface area contributed by atoms with Crippen molar-refractivity contribution in [2.24, 2.45) is 0 Å². The van der Waals surface area contributed by atoms with Crippen LogP contribution in [0.25, 0.3) is 0 Å². The van der Waals surface area contributed by atoms with Crippen LogP contribution in [0.15, 0.2) is 6.07 Å². The number of nitrogens with one attached hydrogen (secondary N) is 1. The van der Waals surface area contributed by atoms with Crippen molar-refractivity contribution in [1.29, 1.82) is 0 Å². The first kappa shape index (κ1) is 13.0. The number of carbonyl (C=O) groups excluding carboxylic acids is 1. The predicted molar refractivity (Wildman–Crippen MR) is 64.1 cm³/mol. The van der Waals surface area contributed by atoms with Crippen LogP contribution in [0.3, 0.4) is 0 Å². The second-order valence-corrected chi connectivity index (χ2v) is 4.99. The Labute approximate surface area is 105 Å². The van der Waals surface area contributed by atoms with Crippen molar-refractivity contribution < 1.29 is 14.3 Å². The summed E-state index contributed by atoms with van der Waals surface area (Å²) in [5.41, 5.74) is 1.15. The smallest absolute Gasteiger partial charge is 0.274 e. The molecular formula is C12H18FN3O2. The third kappa shape index (κ3) is 2.38. The minimum atomic E-state index is -1.06. The Balaban J connectivity index is 2.15. The Morgan fingerprint density at radius 2 is 2.44 bits per heavy atom. The molecule has 5 nitrogen and oxygen atoms in total. The van der Waals surface area contributed by atoms with Gasteiger partial charge in [0.1, 0.15) is 11.9 Å². The average molecular weight is 255 g/mol. The molecule has 18 heavy (non-hydrogen) atoms. The van der Waals surface area contributed by atoms with Gasteiger partial charge in [-0.1, -0.05) is 13.8 Å². The molecule has 0 bridgehead atoms. The monoisotopic (exact) mass is 255 g/mol. The van der Waals surface area contributed by atoms with Gasteiger partial charge in [-0.05, 0) is 12.0 Å². The number of amides is 1. The SMILES string of the molecule is CC(C)c1cc(C(=O)N2C[C@@H](F)C[C@H]2CO)n[nH]1. The number of hydrogen-bond acceptors (Lipinski definition) is 3. The number of alkyl halides is 1. The molecule has 1 aliphatic rings. The molecule has 2 heterocycles. The van der Waals surface area contributed by atoms with Crippen molar-refractivity contribution in [3.8, 4) is 0 Å². The maximum atomic E-state index is 13.3. The highest BCUT2D eigenvalue weighted by Crippen LogP contribution is 2.22. The second-order valence-electron chi connectivity index (χ2n) is 4.99. The molecule has 1 amide bonds. The topological polar surface area (TPSA) is 69.2 Å². The van der Waals surface area contributed by atoms with Crippen LogP contribution in [-0.4, -0.2) is 51.5 Å². The zero-order valence-electron chi connectivity index (χ0n) is 10.6. The fraction of sp³-hybridized carbons (Fsp3) is 0.667. The first-order valence-corrected chi connectivity index (χ1v) is 6.14. The van der Waals surface area contributed by atoms with E-state index in [2.05, 4.69) is 10.2 Å². The van der Waals surface area contributed by atoms with Crippen LogP contribution < -0.4 is 0 Å². The lowest BCUT2D eigenvalue weighted by atomic mass is 10.1. The molecule has 1 aromatic heterocycles. The van der Waals surface area contributed by atoms with Crippen LogP contribution in [0.4, 0.5) is 4.39 Å². The van der Waals surface area contributed by atoms with Crippen molar-refractivity contribution in [2.75, 3.05) is 13.2 Å². The van der Waals surface area contributed by atoms with Gasteiger partial charge in [0, 0.05) is 12.1 Å². The summed E-state index contributed by atoms with van der Waals surface area (Å²) in [6.07, 6.45) is -0.862. The van der Waals surface area contributed by atoms with Gasteiger partial charge in [0.15, 0.2) is 0 Å². The summed E-state index contributed by atoms with van der Waals surface area (Å²) in [6, 6.07) is 1.25. The predicted octanol–water partition coefficient (Wildman–Crippen LogP) is 1.08. The molecule has 100 valence electrons. The van der Waals surface area contributed by atoms with Crippen molar-refractivity contribution >= 4 is 5.91 Å². The number of nitrogens with zero attached hydrogens (tertiary/aromatic N) is 2. The highest BCUT2D eigenvalue weighted by molar-refractivity contribution is 5.92. The van der Waals surface area contributed by atoms with Gasteiger partial charge in [-0.25, -0.2) is 4.39 Å². The molecule has 0 spiro atoms. The highest BCUT2D eigenvalue weighted by Gasteiger charge is 2.36. The Hall–Kier alpha value is -1.43. The first-order valence-electron chi connectivity index (χ1n) is 6.14. The zero-order valence-corrected chi connectivity index (χ0v) is 10.6. The molecule has 0 radical (unpaired) electrons. The second kappa shape index (κ2) is 5.06. The molecule has 1 aromatic rings. The zero-order chi connectivity index (χ0) is 13.3. The summed E-state index contributed by atoms with van der Waals surface area (Å²) in [4.78, 5) is 13.5. The third-order valence-electron chi connectivity index (χ3n) is 3.27. The minimum absolute atomic E-state index is 0.0356. The largest absolute Gasteiger partial charge is 0.394 e. The lowest BCUT2D eigenvalue weighted by Gasteiger charge is -2.21. The summed E-state index contributed by atoms with van der Waals surface area (Å²) in [5.74, 6) is -0.0717. The number of aromatic amines is 1. The molecule has 0 saturated carbocycles. The Bertz CT molecular complexity index is 433. The van der Waals surface area contributed by atoms with E-state index in [1.54, 1.807) is 6.07 Å². The molecule has 1 fully saturated rings. The van der Waals surface area contributed by atoms with Crippen molar-refractivity contribution in [1.82, 2.24) is 15.1 Å². The first-order chi connectivity index (χ1) is 8.52. The van der Waals surface area contributed by atoms with Gasteiger partial charge < -0.3 is 10.0 Å². The quantitative estimate of drug-likeness (QED) is 0.849. The number of carbonyl (C=O) groups is 1. The summed E-state index contributed by atoms with van der Waals surface area (Å²) in [7, 11) is 0. The van der Waals surface area contributed by atoms with Crippen LogP contribution in [0.2, 0.25) is 0 Å². The van der Waals surface area contributed by atoms with Gasteiger partial charge in [-0.15, -0.1) is 0 Å². The molecule has 2 atom stereocenters. The van der Waals surface area contributed by atoms with E-state index in [0.29, 0.717) is 0 Å². The van der Waals surface area contributed by atoms with Gasteiger partial charge in [0.25, 0.3) is 5.91 Å². The number of H-pyrrole nitrogens is 1. The molecule has 2 rings (SSSR count). The van der Waals surface area contributed by atoms with Crippen LogP contribution in [-0.2, 0) is 0 Å². The van der Waals surface area contributed by atoms with Crippen molar-refractivity contribution in [2.45, 2.75) is 38.4 Å². The number of aliphatic hydroxyl groups is 1. The third-order valence-corrected chi connectivity index (χ3v) is 3.27. The van der Waals surface area contributed by atoms with Crippen LogP contribution >= 0.6 is 0 Å². The van der Waals surface area contributed by atoms with E-state index in [1.165, 1.54) is 4.90 Å². The Kier molecular flexibility index (Phi) is 3.65. The van der Waals surface area contributed by atoms with Crippen molar-refractivity contribution in [3.05, 3.63) is 17.5 Å². The van der Waals surface area contributed by atoms with Gasteiger partial charge in [0.2, 0.25) is 0 Å². The number of aliphatic hydroxyl groups excluding tert-OH is 1. The highest BCUT2D eigenvalue weighted by atomic mass is 19.1. The number of hydrogen-bond donors (Lipinski definition) is 2. The molecule has 1 aliphatic heterocycles. The molecule has 0 aliphatic carbocycles. The standard InChI is InChI=1S/C12H18FN3O2/c1-7(2)10-4-11(15-14-10)12(18)16-5-8(13)3-9(16)6-17/h4,7-9,17H,3,5-6H2,1-2H3,(H,14,15)/t8-,9-/m0/s1. The summed E-state index contributed by atoms with van der Waals surface area (Å²) >= 11 is 0. The number of rotatable bonds is 3. The van der Waals surface area contributed by atoms with E-state index < -0.39 is 12.2 Å². The maximum absolute atomic E-state index is 13.3. The lowest BCUT2D eigenvalue weighted by Crippen LogP contribution is -2.38. The number of halogens is 1. The Morgan fingerprint density at radius 1 is 1.72 bits per heavy atom. The summed E-state index contributed by atoms with van der Waals surface area (Å²) in [5, 5.41) is 15.9. The van der Waals surface area contributed by atoms with E-state index in [1.807, 2.05) is 13.8 Å². The van der Waals surface area contributed by atoms with E-state index in [0.717, 1.165) is 5.69 Å². The van der Waals surface area contributed by atoms with E-state index in [9.17, 15) is 9.18 Å². The summed E-state index contributed by atoms with van der Waals surface area (Å²) in [6.45, 7) is 3.80. The molecule has 0 unspecified atom stereocenters. The average Bonchev–Trinajstić information content (AvgIpc) is 2.94.